The Bertz CT molecular complexity index is 895. The van der Waals surface area contributed by atoms with Gasteiger partial charge in [-0.25, -0.2) is 4.39 Å². The number of hydrogen-bond acceptors (Lipinski definition) is 4. The zero-order chi connectivity index (χ0) is 22.7. The van der Waals surface area contributed by atoms with Gasteiger partial charge in [-0.2, -0.15) is 0 Å². The van der Waals surface area contributed by atoms with Crippen LogP contribution in [0.1, 0.15) is 46.0 Å². The average Bonchev–Trinajstić information content (AvgIpc) is 2.76. The Morgan fingerprint density at radius 2 is 1.69 bits per heavy atom. The van der Waals surface area contributed by atoms with Crippen molar-refractivity contribution in [3.8, 4) is 0 Å². The first kappa shape index (κ1) is 21.7. The third-order valence-electron chi connectivity index (χ3n) is 8.84. The van der Waals surface area contributed by atoms with E-state index >= 15 is 0 Å². The van der Waals surface area contributed by atoms with Gasteiger partial charge in [0.1, 0.15) is 5.82 Å². The van der Waals surface area contributed by atoms with Crippen molar-refractivity contribution in [2.75, 3.05) is 31.1 Å². The minimum Gasteiger partial charge on any atom is -0.481 e. The monoisotopic (exact) mass is 443 g/mol. The van der Waals surface area contributed by atoms with Gasteiger partial charge in [-0.15, -0.1) is 0 Å². The van der Waals surface area contributed by atoms with Crippen LogP contribution in [0.15, 0.2) is 24.3 Å². The van der Waals surface area contributed by atoms with Gasteiger partial charge in [-0.3, -0.25) is 14.5 Å². The van der Waals surface area contributed by atoms with Crippen LogP contribution in [0.4, 0.5) is 10.1 Å². The number of carbonyl (C=O) groups is 2. The molecule has 7 heteroatoms. The van der Waals surface area contributed by atoms with Gasteiger partial charge in [0.25, 0.3) is 0 Å². The van der Waals surface area contributed by atoms with E-state index in [9.17, 15) is 19.1 Å². The van der Waals surface area contributed by atoms with Crippen molar-refractivity contribution in [3.63, 3.8) is 0 Å². The van der Waals surface area contributed by atoms with E-state index in [1.165, 1.54) is 6.07 Å². The summed E-state index contributed by atoms with van der Waals surface area (Å²) in [6.07, 6.45) is 4.29. The first-order valence-corrected chi connectivity index (χ1v) is 12.0. The third-order valence-corrected chi connectivity index (χ3v) is 8.84. The maximum Gasteiger partial charge on any atom is 0.309 e. The standard InChI is InChI=1S/C25H34FN3O3/c1-24(2,29-9-7-28(8-10-29)20-6-4-3-5-19(20)26)22(30)27-21-17-11-16-12-18(21)15-25(13-16,14-17)23(31)32/h3-6,16-18,21H,7-15H2,1-2H3,(H,27,30)(H,31,32). The molecule has 1 heterocycles. The number of benzene rings is 1. The van der Waals surface area contributed by atoms with E-state index in [2.05, 4.69) is 10.2 Å². The van der Waals surface area contributed by atoms with Gasteiger partial charge in [0.05, 0.1) is 16.6 Å². The lowest BCUT2D eigenvalue weighted by Crippen LogP contribution is -2.66. The molecule has 2 N–H and O–H groups in total. The highest BCUT2D eigenvalue weighted by atomic mass is 19.1. The number of nitrogens with one attached hydrogen (secondary N) is 1. The molecular weight excluding hydrogens is 409 g/mol. The molecule has 2 unspecified atom stereocenters. The van der Waals surface area contributed by atoms with Crippen LogP contribution in [0.5, 0.6) is 0 Å². The molecule has 6 nitrogen and oxygen atoms in total. The molecule has 5 aliphatic rings. The molecule has 1 aromatic rings. The van der Waals surface area contributed by atoms with E-state index in [1.807, 2.05) is 24.8 Å². The summed E-state index contributed by atoms with van der Waals surface area (Å²) < 4.78 is 14.2. The second-order valence-electron chi connectivity index (χ2n) is 11.0. The summed E-state index contributed by atoms with van der Waals surface area (Å²) in [6, 6.07) is 6.93. The Labute approximate surface area is 189 Å². The van der Waals surface area contributed by atoms with Crippen LogP contribution < -0.4 is 10.2 Å². The number of hydrogen-bond donors (Lipinski definition) is 2. The summed E-state index contributed by atoms with van der Waals surface area (Å²) in [6.45, 7) is 6.67. The average molecular weight is 444 g/mol. The third kappa shape index (κ3) is 3.49. The molecule has 4 saturated carbocycles. The van der Waals surface area contributed by atoms with Crippen molar-refractivity contribution in [1.29, 1.82) is 0 Å². The van der Waals surface area contributed by atoms with Crippen molar-refractivity contribution in [3.05, 3.63) is 30.1 Å². The number of para-hydroxylation sites is 1. The number of piperazine rings is 1. The second-order valence-corrected chi connectivity index (χ2v) is 11.0. The highest BCUT2D eigenvalue weighted by molar-refractivity contribution is 5.86. The number of amides is 1. The van der Waals surface area contributed by atoms with Crippen molar-refractivity contribution >= 4 is 17.6 Å². The molecule has 4 bridgehead atoms. The van der Waals surface area contributed by atoms with Crippen LogP contribution >= 0.6 is 0 Å². The highest BCUT2D eigenvalue weighted by Gasteiger charge is 2.59. The molecule has 1 aromatic carbocycles. The number of carbonyl (C=O) groups excluding carboxylic acids is 1. The fraction of sp³-hybridized carbons (Fsp3) is 0.680. The second kappa shape index (κ2) is 7.72. The number of nitrogens with zero attached hydrogens (tertiary/aromatic N) is 2. The van der Waals surface area contributed by atoms with Gasteiger partial charge in [0.15, 0.2) is 0 Å². The molecule has 1 saturated heterocycles. The molecule has 1 amide bonds. The van der Waals surface area contributed by atoms with Crippen LogP contribution in [0.2, 0.25) is 0 Å². The van der Waals surface area contributed by atoms with E-state index < -0.39 is 16.9 Å². The predicted molar refractivity (Wildman–Crippen MR) is 120 cm³/mol. The van der Waals surface area contributed by atoms with Crippen LogP contribution in [-0.4, -0.2) is 59.6 Å². The predicted octanol–water partition coefficient (Wildman–Crippen LogP) is 3.12. The fourth-order valence-corrected chi connectivity index (χ4v) is 7.21. The molecule has 0 radical (unpaired) electrons. The van der Waals surface area contributed by atoms with Gasteiger partial charge in [-0.1, -0.05) is 12.1 Å². The van der Waals surface area contributed by atoms with Gasteiger partial charge >= 0.3 is 5.97 Å². The lowest BCUT2D eigenvalue weighted by Gasteiger charge is -2.58. The van der Waals surface area contributed by atoms with E-state index in [0.717, 1.165) is 19.3 Å². The van der Waals surface area contributed by atoms with Crippen LogP contribution in [0, 0.1) is 29.0 Å². The molecule has 4 aliphatic carbocycles. The summed E-state index contributed by atoms with van der Waals surface area (Å²) in [7, 11) is 0. The summed E-state index contributed by atoms with van der Waals surface area (Å²) in [4.78, 5) is 29.6. The summed E-state index contributed by atoms with van der Waals surface area (Å²) in [5.41, 5.74) is -0.605. The molecule has 0 spiro atoms. The topological polar surface area (TPSA) is 72.9 Å². The molecule has 6 rings (SSSR count). The van der Waals surface area contributed by atoms with Gasteiger partial charge in [0, 0.05) is 32.2 Å². The Balaban J connectivity index is 1.23. The minimum atomic E-state index is -0.666. The quantitative estimate of drug-likeness (QED) is 0.732. The molecule has 0 aromatic heterocycles. The maximum atomic E-state index is 14.2. The maximum absolute atomic E-state index is 14.2. The summed E-state index contributed by atoms with van der Waals surface area (Å²) in [5, 5.41) is 13.2. The highest BCUT2D eigenvalue weighted by Crippen LogP contribution is 2.60. The lowest BCUT2D eigenvalue weighted by atomic mass is 9.48. The molecule has 32 heavy (non-hydrogen) atoms. The number of carboxylic acids is 1. The first-order valence-electron chi connectivity index (χ1n) is 12.0. The summed E-state index contributed by atoms with van der Waals surface area (Å²) in [5.74, 6) is 0.216. The van der Waals surface area contributed by atoms with Gasteiger partial charge in [0.2, 0.25) is 5.91 Å². The van der Waals surface area contributed by atoms with Crippen molar-refractivity contribution in [2.45, 2.75) is 57.5 Å². The van der Waals surface area contributed by atoms with Gasteiger partial charge in [-0.05, 0) is 75.8 Å². The van der Waals surface area contributed by atoms with E-state index in [1.54, 1.807) is 12.1 Å². The van der Waals surface area contributed by atoms with Crippen molar-refractivity contribution < 1.29 is 19.1 Å². The molecule has 174 valence electrons. The largest absolute Gasteiger partial charge is 0.481 e. The number of anilines is 1. The SMILES string of the molecule is CC(C)(C(=O)NC1C2CC3CC1CC(C(=O)O)(C3)C2)N1CCN(c2ccccc2F)CC1. The van der Waals surface area contributed by atoms with Gasteiger partial charge < -0.3 is 15.3 Å². The first-order chi connectivity index (χ1) is 15.2. The smallest absolute Gasteiger partial charge is 0.309 e. The minimum absolute atomic E-state index is 0.0266. The number of carboxylic acid groups (broad SMARTS) is 1. The zero-order valence-corrected chi connectivity index (χ0v) is 19.0. The van der Waals surface area contributed by atoms with Crippen LogP contribution in [-0.2, 0) is 9.59 Å². The zero-order valence-electron chi connectivity index (χ0n) is 19.0. The molecular formula is C25H34FN3O3. The van der Waals surface area contributed by atoms with E-state index in [0.29, 0.717) is 50.6 Å². The van der Waals surface area contributed by atoms with Crippen LogP contribution in [0.25, 0.3) is 0 Å². The normalized spacial score (nSPS) is 34.5. The molecule has 2 atom stereocenters. The van der Waals surface area contributed by atoms with Crippen LogP contribution in [0.3, 0.4) is 0 Å². The number of aliphatic carboxylic acids is 1. The fourth-order valence-electron chi connectivity index (χ4n) is 7.21. The molecule has 1 aliphatic heterocycles. The lowest BCUT2D eigenvalue weighted by molar-refractivity contribution is -0.168. The Morgan fingerprint density at radius 3 is 2.28 bits per heavy atom. The van der Waals surface area contributed by atoms with E-state index in [-0.39, 0.29) is 29.6 Å². The Morgan fingerprint density at radius 1 is 1.06 bits per heavy atom. The summed E-state index contributed by atoms with van der Waals surface area (Å²) >= 11 is 0. The Kier molecular flexibility index (Phi) is 5.23. The number of halogens is 1. The van der Waals surface area contributed by atoms with Crippen molar-refractivity contribution in [2.24, 2.45) is 23.2 Å². The van der Waals surface area contributed by atoms with Crippen molar-refractivity contribution in [1.82, 2.24) is 10.2 Å². The Hall–Kier alpha value is -2.15. The molecule has 5 fully saturated rings. The van der Waals surface area contributed by atoms with E-state index in [4.69, 9.17) is 0 Å². The number of rotatable bonds is 5.